The summed E-state index contributed by atoms with van der Waals surface area (Å²) < 4.78 is 0. The maximum atomic E-state index is 3.56. The summed E-state index contributed by atoms with van der Waals surface area (Å²) in [5, 5.41) is 0. The molecule has 0 aromatic heterocycles. The van der Waals surface area contributed by atoms with Crippen LogP contribution in [0.25, 0.3) is 0 Å². The second-order valence-electron chi connectivity index (χ2n) is 5.45. The molecular formula is C22H56. The molecule has 0 aromatic carbocycles. The molecule has 0 aromatic rings. The minimum absolute atomic E-state index is 1.17. The molecule has 0 rings (SSSR count). The monoisotopic (exact) mass is 320 g/mol. The Kier molecular flexibility index (Phi) is 207. The molecule has 0 spiro atoms. The standard InChI is InChI=1S/C4H8.6C3H8/c1-4(2)3;6*1-3-2/h1H2,2-3H3;6*3H2,1-2H3. The van der Waals surface area contributed by atoms with Gasteiger partial charge in [0.25, 0.3) is 0 Å². The molecule has 0 nitrogen and oxygen atoms in total. The highest BCUT2D eigenvalue weighted by atomic mass is 13.6. The van der Waals surface area contributed by atoms with E-state index in [1.54, 1.807) is 0 Å². The first-order valence-electron chi connectivity index (χ1n) is 9.84. The topological polar surface area (TPSA) is 0 Å². The summed E-state index contributed by atoms with van der Waals surface area (Å²) in [4.78, 5) is 0. The Balaban J connectivity index is -0.0000000239. The Morgan fingerprint density at radius 1 is 0.409 bits per heavy atom. The minimum Gasteiger partial charge on any atom is -0.100 e. The van der Waals surface area contributed by atoms with E-state index in [0.717, 1.165) is 0 Å². The Bertz CT molecular complexity index is 62.5. The summed E-state index contributed by atoms with van der Waals surface area (Å²) in [6, 6.07) is 0. The summed E-state index contributed by atoms with van der Waals surface area (Å²) in [6.45, 7) is 33.0. The normalized spacial score (nSPS) is 6.09. The van der Waals surface area contributed by atoms with Crippen LogP contribution in [-0.2, 0) is 0 Å². The lowest BCUT2D eigenvalue weighted by Crippen LogP contribution is -1.43. The molecule has 0 heterocycles. The lowest BCUT2D eigenvalue weighted by Gasteiger charge is -1.65. The minimum atomic E-state index is 1.17. The van der Waals surface area contributed by atoms with Crippen molar-refractivity contribution in [1.82, 2.24) is 0 Å². The number of hydrogen-bond donors (Lipinski definition) is 0. The van der Waals surface area contributed by atoms with Crippen molar-refractivity contribution in [2.45, 2.75) is 135 Å². The molecule has 0 aliphatic rings. The molecule has 0 N–H and O–H groups in total. The zero-order valence-electron chi connectivity index (χ0n) is 19.4. The van der Waals surface area contributed by atoms with Gasteiger partial charge in [0.1, 0.15) is 0 Å². The van der Waals surface area contributed by atoms with E-state index in [2.05, 4.69) is 89.7 Å². The molecule has 0 amide bonds. The van der Waals surface area contributed by atoms with Gasteiger partial charge < -0.3 is 0 Å². The van der Waals surface area contributed by atoms with Gasteiger partial charge in [-0.15, -0.1) is 6.58 Å². The van der Waals surface area contributed by atoms with Gasteiger partial charge in [0.2, 0.25) is 0 Å². The predicted octanol–water partition coefficient (Wildman–Crippen LogP) is 10.1. The first kappa shape index (κ1) is 43.0. The second kappa shape index (κ2) is 106. The van der Waals surface area contributed by atoms with E-state index >= 15 is 0 Å². The molecule has 0 fully saturated rings. The first-order valence-corrected chi connectivity index (χ1v) is 9.84. The van der Waals surface area contributed by atoms with E-state index in [9.17, 15) is 0 Å². The van der Waals surface area contributed by atoms with Crippen molar-refractivity contribution in [3.8, 4) is 0 Å². The summed E-state index contributed by atoms with van der Waals surface area (Å²) in [7, 11) is 0. The van der Waals surface area contributed by atoms with Gasteiger partial charge in [0.15, 0.2) is 0 Å². The van der Waals surface area contributed by atoms with Gasteiger partial charge in [0, 0.05) is 0 Å². The highest BCUT2D eigenvalue weighted by molar-refractivity contribution is 4.78. The smallest absolute Gasteiger partial charge is 0.0445 e. The average molecular weight is 321 g/mol. The summed E-state index contributed by atoms with van der Waals surface area (Å²) in [6.07, 6.45) is 7.50. The van der Waals surface area contributed by atoms with Crippen LogP contribution in [-0.4, -0.2) is 0 Å². The predicted molar refractivity (Wildman–Crippen MR) is 116 cm³/mol. The van der Waals surface area contributed by atoms with Crippen molar-refractivity contribution in [1.29, 1.82) is 0 Å². The van der Waals surface area contributed by atoms with Gasteiger partial charge in [-0.25, -0.2) is 0 Å². The quantitative estimate of drug-likeness (QED) is 0.389. The van der Waals surface area contributed by atoms with Crippen LogP contribution < -0.4 is 0 Å². The van der Waals surface area contributed by atoms with Crippen LogP contribution in [0.4, 0.5) is 0 Å². The van der Waals surface area contributed by atoms with Crippen molar-refractivity contribution >= 4 is 0 Å². The summed E-state index contributed by atoms with van der Waals surface area (Å²) in [5.74, 6) is 0. The van der Waals surface area contributed by atoms with Gasteiger partial charge >= 0.3 is 0 Å². The Morgan fingerprint density at radius 3 is 0.409 bits per heavy atom. The number of allylic oxidation sites excluding steroid dienone is 1. The second-order valence-corrected chi connectivity index (χ2v) is 5.45. The molecular weight excluding hydrogens is 264 g/mol. The molecule has 0 saturated heterocycles. The van der Waals surface area contributed by atoms with E-state index in [1.807, 2.05) is 13.8 Å². The lowest BCUT2D eigenvalue weighted by molar-refractivity contribution is 1.09. The molecule has 0 aliphatic carbocycles. The fourth-order valence-electron chi connectivity index (χ4n) is 0. The van der Waals surface area contributed by atoms with E-state index in [4.69, 9.17) is 0 Å². The van der Waals surface area contributed by atoms with Crippen LogP contribution in [0.5, 0.6) is 0 Å². The molecule has 0 unspecified atom stereocenters. The molecule has 0 heteroatoms. The zero-order valence-corrected chi connectivity index (χ0v) is 19.4. The SMILES string of the molecule is C=C(C)C.CCC.CCC.CCC.CCC.CCC.CCC. The van der Waals surface area contributed by atoms with E-state index < -0.39 is 0 Å². The average Bonchev–Trinajstić information content (AvgIpc) is 2.33. The molecule has 22 heavy (non-hydrogen) atoms. The van der Waals surface area contributed by atoms with Crippen LogP contribution in [0.3, 0.4) is 0 Å². The van der Waals surface area contributed by atoms with Crippen molar-refractivity contribution < 1.29 is 0 Å². The third kappa shape index (κ3) is 103000. The highest BCUT2D eigenvalue weighted by Gasteiger charge is 1.51. The lowest BCUT2D eigenvalue weighted by atomic mass is 10.4. The van der Waals surface area contributed by atoms with Crippen LogP contribution in [0, 0.1) is 0 Å². The third-order valence-electron chi connectivity index (χ3n) is 0. The van der Waals surface area contributed by atoms with Crippen LogP contribution in [0.2, 0.25) is 0 Å². The molecule has 0 atom stereocenters. The molecule has 0 bridgehead atoms. The molecule has 0 saturated carbocycles. The number of rotatable bonds is 0. The van der Waals surface area contributed by atoms with E-state index in [-0.39, 0.29) is 0 Å². The summed E-state index contributed by atoms with van der Waals surface area (Å²) in [5.41, 5.74) is 1.17. The maximum absolute atomic E-state index is 3.56. The first-order chi connectivity index (χ1) is 10.2. The Hall–Kier alpha value is -0.260. The van der Waals surface area contributed by atoms with Crippen molar-refractivity contribution in [3.05, 3.63) is 12.2 Å². The fraction of sp³-hybridized carbons (Fsp3) is 0.909. The van der Waals surface area contributed by atoms with Crippen LogP contribution in [0.15, 0.2) is 12.2 Å². The highest BCUT2D eigenvalue weighted by Crippen LogP contribution is 1.73. The fourth-order valence-corrected chi connectivity index (χ4v) is 0. The number of hydrogen-bond acceptors (Lipinski definition) is 0. The Morgan fingerprint density at radius 2 is 0.409 bits per heavy atom. The van der Waals surface area contributed by atoms with Crippen LogP contribution in [0.1, 0.15) is 135 Å². The summed E-state index contributed by atoms with van der Waals surface area (Å²) >= 11 is 0. The van der Waals surface area contributed by atoms with E-state index in [0.29, 0.717) is 0 Å². The largest absolute Gasteiger partial charge is 0.100 e. The molecule has 144 valence electrons. The third-order valence-corrected chi connectivity index (χ3v) is 0. The van der Waals surface area contributed by atoms with Crippen molar-refractivity contribution in [2.75, 3.05) is 0 Å². The molecule has 0 radical (unpaired) electrons. The van der Waals surface area contributed by atoms with Gasteiger partial charge in [-0.2, -0.15) is 0 Å². The zero-order chi connectivity index (χ0) is 19.8. The molecule has 0 aliphatic heterocycles. The van der Waals surface area contributed by atoms with Gasteiger partial charge in [0.05, 0.1) is 0 Å². The van der Waals surface area contributed by atoms with Crippen LogP contribution >= 0.6 is 0 Å². The van der Waals surface area contributed by atoms with Gasteiger partial charge in [-0.3, -0.25) is 0 Å². The maximum Gasteiger partial charge on any atom is -0.0445 e. The van der Waals surface area contributed by atoms with Gasteiger partial charge in [-0.1, -0.05) is 127 Å². The van der Waals surface area contributed by atoms with Crippen molar-refractivity contribution in [3.63, 3.8) is 0 Å². The van der Waals surface area contributed by atoms with Crippen molar-refractivity contribution in [2.24, 2.45) is 0 Å². The Labute approximate surface area is 148 Å². The van der Waals surface area contributed by atoms with Gasteiger partial charge in [-0.05, 0) is 13.8 Å². The van der Waals surface area contributed by atoms with E-state index in [1.165, 1.54) is 44.1 Å².